The van der Waals surface area contributed by atoms with Crippen LogP contribution in [-0.2, 0) is 35.1 Å². The number of unbranched alkanes of at least 4 members (excludes halogenated alkanes) is 1. The molecule has 0 spiro atoms. The molecule has 1 saturated heterocycles. The van der Waals surface area contributed by atoms with E-state index in [0.717, 1.165) is 5.56 Å². The summed E-state index contributed by atoms with van der Waals surface area (Å²) in [4.78, 5) is 63.2. The van der Waals surface area contributed by atoms with Crippen LogP contribution in [0.15, 0.2) is 30.3 Å². The normalized spacial score (nSPS) is 19.0. The molecule has 2 rings (SSSR count). The van der Waals surface area contributed by atoms with Gasteiger partial charge in [-0.1, -0.05) is 30.3 Å². The molecule has 13 heteroatoms. The molecule has 1 aliphatic heterocycles. The molecule has 5 atom stereocenters. The predicted octanol–water partition coefficient (Wildman–Crippen LogP) is -0.142. The zero-order chi connectivity index (χ0) is 30.4. The Hall–Kier alpha value is -3.55. The molecule has 41 heavy (non-hydrogen) atoms. The van der Waals surface area contributed by atoms with E-state index in [1.165, 1.54) is 7.11 Å². The van der Waals surface area contributed by atoms with E-state index in [0.29, 0.717) is 45.2 Å². The highest BCUT2D eigenvalue weighted by molar-refractivity contribution is 5.90. The standard InChI is InChI=1S/C28H43N5O8/c1-41-23-12-14-33(17-19(23)16-24(34)31-22(28(39)40)10-11-25(35)36)27(38)21(9-5-6-13-29)32-26(37)20(30)15-18-7-3-2-4-8-18/h2-4,7-8,19-23H,5-6,9-17,29-30H2,1H3,(H,31,34)(H,32,37)(H,35,36)(H,39,40)/t19-,20+,21+,22+,23+/m1/s1. The van der Waals surface area contributed by atoms with Gasteiger partial charge in [0.15, 0.2) is 0 Å². The SMILES string of the molecule is CO[C@H]1CCN(C(=O)[C@H](CCCCN)NC(=O)[C@@H](N)Cc2ccccc2)C[C@H]1CC(=O)N[C@@H](CCC(=O)O)C(=O)O. The Morgan fingerprint density at radius 1 is 1.05 bits per heavy atom. The van der Waals surface area contributed by atoms with Gasteiger partial charge in [-0.15, -0.1) is 0 Å². The first kappa shape index (κ1) is 33.7. The second-order valence-corrected chi connectivity index (χ2v) is 10.3. The average molecular weight is 578 g/mol. The molecule has 3 amide bonds. The summed E-state index contributed by atoms with van der Waals surface area (Å²) in [6.07, 6.45) is 1.30. The Labute approximate surface area is 240 Å². The molecule has 1 aliphatic rings. The maximum atomic E-state index is 13.6. The smallest absolute Gasteiger partial charge is 0.326 e. The molecule has 0 unspecified atom stereocenters. The van der Waals surface area contributed by atoms with Gasteiger partial charge in [-0.05, 0) is 50.6 Å². The van der Waals surface area contributed by atoms with Crippen molar-refractivity contribution in [3.63, 3.8) is 0 Å². The maximum absolute atomic E-state index is 13.6. The van der Waals surface area contributed by atoms with E-state index < -0.39 is 54.2 Å². The van der Waals surface area contributed by atoms with E-state index in [-0.39, 0.29) is 31.4 Å². The van der Waals surface area contributed by atoms with Crippen LogP contribution in [0, 0.1) is 5.92 Å². The number of likely N-dealkylation sites (tertiary alicyclic amines) is 1. The fraction of sp³-hybridized carbons (Fsp3) is 0.607. The third-order valence-electron chi connectivity index (χ3n) is 7.20. The van der Waals surface area contributed by atoms with Crippen LogP contribution in [0.25, 0.3) is 0 Å². The number of hydrogen-bond donors (Lipinski definition) is 6. The van der Waals surface area contributed by atoms with Crippen LogP contribution < -0.4 is 22.1 Å². The van der Waals surface area contributed by atoms with Gasteiger partial charge in [0.1, 0.15) is 12.1 Å². The minimum Gasteiger partial charge on any atom is -0.481 e. The summed E-state index contributed by atoms with van der Waals surface area (Å²) in [5, 5.41) is 23.4. The highest BCUT2D eigenvalue weighted by Gasteiger charge is 2.36. The minimum atomic E-state index is -1.34. The number of aliphatic carboxylic acids is 2. The summed E-state index contributed by atoms with van der Waals surface area (Å²) < 4.78 is 5.54. The lowest BCUT2D eigenvalue weighted by Crippen LogP contribution is -2.56. The fourth-order valence-corrected chi connectivity index (χ4v) is 4.94. The number of amides is 3. The number of carbonyl (C=O) groups is 5. The molecule has 0 bridgehead atoms. The number of nitrogens with one attached hydrogen (secondary N) is 2. The van der Waals surface area contributed by atoms with Crippen molar-refractivity contribution < 1.29 is 38.9 Å². The summed E-state index contributed by atoms with van der Waals surface area (Å²) >= 11 is 0. The zero-order valence-corrected chi connectivity index (χ0v) is 23.5. The number of carbonyl (C=O) groups excluding carboxylic acids is 3. The molecular weight excluding hydrogens is 534 g/mol. The van der Waals surface area contributed by atoms with Crippen molar-refractivity contribution in [2.75, 3.05) is 26.7 Å². The quantitative estimate of drug-likeness (QED) is 0.135. The number of rotatable bonds is 17. The summed E-state index contributed by atoms with van der Waals surface area (Å²) in [6.45, 7) is 0.963. The molecule has 0 aromatic heterocycles. The van der Waals surface area contributed by atoms with Crippen LogP contribution in [0.3, 0.4) is 0 Å². The van der Waals surface area contributed by atoms with Gasteiger partial charge >= 0.3 is 11.9 Å². The van der Waals surface area contributed by atoms with E-state index in [1.54, 1.807) is 4.90 Å². The topological polar surface area (TPSA) is 214 Å². The lowest BCUT2D eigenvalue weighted by Gasteiger charge is -2.39. The van der Waals surface area contributed by atoms with Crippen LogP contribution in [0.5, 0.6) is 0 Å². The average Bonchev–Trinajstić information content (AvgIpc) is 2.94. The van der Waals surface area contributed by atoms with Crippen molar-refractivity contribution in [2.45, 2.75) is 75.6 Å². The summed E-state index contributed by atoms with van der Waals surface area (Å²) in [5.74, 6) is -4.25. The lowest BCUT2D eigenvalue weighted by atomic mass is 9.90. The third-order valence-corrected chi connectivity index (χ3v) is 7.20. The number of hydrogen-bond acceptors (Lipinski definition) is 8. The molecule has 228 valence electrons. The first-order chi connectivity index (χ1) is 19.5. The number of nitrogens with zero attached hydrogens (tertiary/aromatic N) is 1. The molecule has 8 N–H and O–H groups in total. The predicted molar refractivity (Wildman–Crippen MR) is 149 cm³/mol. The second kappa shape index (κ2) is 17.3. The van der Waals surface area contributed by atoms with Crippen molar-refractivity contribution in [3.05, 3.63) is 35.9 Å². The fourth-order valence-electron chi connectivity index (χ4n) is 4.94. The molecule has 0 radical (unpaired) electrons. The van der Waals surface area contributed by atoms with E-state index in [2.05, 4.69) is 10.6 Å². The van der Waals surface area contributed by atoms with Crippen molar-refractivity contribution in [1.29, 1.82) is 0 Å². The van der Waals surface area contributed by atoms with Crippen LogP contribution >= 0.6 is 0 Å². The van der Waals surface area contributed by atoms with Crippen LogP contribution in [0.4, 0.5) is 0 Å². The number of carboxylic acids is 2. The van der Waals surface area contributed by atoms with Crippen molar-refractivity contribution in [3.8, 4) is 0 Å². The Bertz CT molecular complexity index is 1020. The summed E-state index contributed by atoms with van der Waals surface area (Å²) in [7, 11) is 1.50. The van der Waals surface area contributed by atoms with Gasteiger partial charge in [-0.25, -0.2) is 4.79 Å². The molecule has 0 saturated carbocycles. The first-order valence-electron chi connectivity index (χ1n) is 13.9. The number of nitrogens with two attached hydrogens (primary N) is 2. The highest BCUT2D eigenvalue weighted by atomic mass is 16.5. The van der Waals surface area contributed by atoms with Crippen LogP contribution in [0.1, 0.15) is 50.5 Å². The first-order valence-corrected chi connectivity index (χ1v) is 13.9. The van der Waals surface area contributed by atoms with Crippen LogP contribution in [0.2, 0.25) is 0 Å². The largest absolute Gasteiger partial charge is 0.481 e. The number of piperidine rings is 1. The van der Waals surface area contributed by atoms with Crippen molar-refractivity contribution >= 4 is 29.7 Å². The van der Waals surface area contributed by atoms with Gasteiger partial charge in [0, 0.05) is 39.0 Å². The zero-order valence-electron chi connectivity index (χ0n) is 23.5. The Morgan fingerprint density at radius 3 is 2.37 bits per heavy atom. The minimum absolute atomic E-state index is 0.120. The molecule has 1 aromatic rings. The van der Waals surface area contributed by atoms with Gasteiger partial charge in [0.05, 0.1) is 12.1 Å². The Balaban J connectivity index is 2.07. The highest BCUT2D eigenvalue weighted by Crippen LogP contribution is 2.24. The van der Waals surface area contributed by atoms with Gasteiger partial charge in [-0.2, -0.15) is 0 Å². The van der Waals surface area contributed by atoms with Crippen LogP contribution in [-0.4, -0.2) is 95.7 Å². The van der Waals surface area contributed by atoms with E-state index in [1.807, 2.05) is 30.3 Å². The molecule has 13 nitrogen and oxygen atoms in total. The number of ether oxygens (including phenoxy) is 1. The van der Waals surface area contributed by atoms with Gasteiger partial charge in [0.2, 0.25) is 17.7 Å². The third kappa shape index (κ3) is 11.5. The molecule has 1 fully saturated rings. The van der Waals surface area contributed by atoms with Gasteiger partial charge in [0.25, 0.3) is 0 Å². The second-order valence-electron chi connectivity index (χ2n) is 10.3. The molecule has 1 aromatic carbocycles. The summed E-state index contributed by atoms with van der Waals surface area (Å²) in [5.41, 5.74) is 12.7. The van der Waals surface area contributed by atoms with E-state index in [4.69, 9.17) is 21.3 Å². The van der Waals surface area contributed by atoms with Gasteiger partial charge < -0.3 is 42.0 Å². The van der Waals surface area contributed by atoms with Crippen molar-refractivity contribution in [1.82, 2.24) is 15.5 Å². The van der Waals surface area contributed by atoms with E-state index in [9.17, 15) is 29.1 Å². The Kier molecular flexibility index (Phi) is 14.2. The maximum Gasteiger partial charge on any atom is 0.326 e. The monoisotopic (exact) mass is 577 g/mol. The molecular formula is C28H43N5O8. The number of benzene rings is 1. The lowest BCUT2D eigenvalue weighted by molar-refractivity contribution is -0.144. The number of methoxy groups -OCH3 is 1. The summed E-state index contributed by atoms with van der Waals surface area (Å²) in [6, 6.07) is 6.32. The van der Waals surface area contributed by atoms with Gasteiger partial charge in [-0.3, -0.25) is 19.2 Å². The van der Waals surface area contributed by atoms with Crippen molar-refractivity contribution in [2.24, 2.45) is 17.4 Å². The van der Waals surface area contributed by atoms with E-state index >= 15 is 0 Å². The molecule has 0 aliphatic carbocycles. The number of carboxylic acid groups (broad SMARTS) is 2. The molecule has 1 heterocycles. The Morgan fingerprint density at radius 2 is 1.76 bits per heavy atom.